The van der Waals surface area contributed by atoms with E-state index in [-0.39, 0.29) is 23.6 Å². The number of hydrogen-bond donors (Lipinski definition) is 1. The van der Waals surface area contributed by atoms with Crippen LogP contribution in [0.5, 0.6) is 0 Å². The van der Waals surface area contributed by atoms with Crippen LogP contribution in [-0.2, 0) is 10.0 Å². The van der Waals surface area contributed by atoms with E-state index in [4.69, 9.17) is 5.26 Å². The van der Waals surface area contributed by atoms with Crippen molar-refractivity contribution < 1.29 is 8.42 Å². The Morgan fingerprint density at radius 3 is 2.88 bits per heavy atom. The molecule has 0 bridgehead atoms. The van der Waals surface area contributed by atoms with Crippen molar-refractivity contribution in [3.05, 3.63) is 18.6 Å². The van der Waals surface area contributed by atoms with E-state index in [0.717, 1.165) is 29.7 Å². The van der Waals surface area contributed by atoms with Crippen molar-refractivity contribution in [1.82, 2.24) is 19.3 Å². The topological polar surface area (TPSA) is 106 Å². The molecule has 0 atom stereocenters. The Morgan fingerprint density at radius 2 is 2.16 bits per heavy atom. The Labute approximate surface area is 146 Å². The number of nitrogens with zero attached hydrogens (tertiary/aromatic N) is 5. The Hall–Kier alpha value is -2.18. The molecule has 1 saturated carbocycles. The minimum atomic E-state index is -3.23. The van der Waals surface area contributed by atoms with Gasteiger partial charge in [0.25, 0.3) is 0 Å². The molecule has 2 fully saturated rings. The number of H-pyrrole nitrogens is 1. The van der Waals surface area contributed by atoms with Gasteiger partial charge in [-0.1, -0.05) is 0 Å². The Bertz CT molecular complexity index is 921. The van der Waals surface area contributed by atoms with Crippen molar-refractivity contribution in [2.45, 2.75) is 18.9 Å². The highest BCUT2D eigenvalue weighted by Gasteiger charge is 2.41. The fraction of sp³-hybridized carbons (Fsp3) is 0.562. The van der Waals surface area contributed by atoms with Crippen LogP contribution in [0.15, 0.2) is 18.6 Å². The summed E-state index contributed by atoms with van der Waals surface area (Å²) >= 11 is 0. The number of anilines is 1. The van der Waals surface area contributed by atoms with Gasteiger partial charge in [0.1, 0.15) is 17.8 Å². The molecule has 3 heterocycles. The van der Waals surface area contributed by atoms with Crippen LogP contribution in [0.1, 0.15) is 12.8 Å². The van der Waals surface area contributed by atoms with Crippen molar-refractivity contribution >= 4 is 26.9 Å². The van der Waals surface area contributed by atoms with Gasteiger partial charge in [0, 0.05) is 32.4 Å². The van der Waals surface area contributed by atoms with E-state index in [1.165, 1.54) is 4.31 Å². The lowest BCUT2D eigenvalue weighted by Gasteiger charge is -2.43. The SMILES string of the molecule is CN(c1ncnc2[nH]ccc12)C1CC(CS(=O)(=O)N2CC(C#N)C2)C1. The molecule has 0 amide bonds. The van der Waals surface area contributed by atoms with Crippen LogP contribution >= 0.6 is 0 Å². The molecule has 1 aliphatic carbocycles. The molecule has 1 aliphatic heterocycles. The second-order valence-electron chi connectivity index (χ2n) is 6.96. The number of sulfonamides is 1. The van der Waals surface area contributed by atoms with Crippen molar-refractivity contribution in [2.24, 2.45) is 11.8 Å². The lowest BCUT2D eigenvalue weighted by Crippen LogP contribution is -2.52. The first kappa shape index (κ1) is 16.3. The smallest absolute Gasteiger partial charge is 0.214 e. The van der Waals surface area contributed by atoms with Gasteiger partial charge in [0.05, 0.1) is 23.1 Å². The molecule has 1 N–H and O–H groups in total. The van der Waals surface area contributed by atoms with Gasteiger partial charge in [-0.05, 0) is 24.8 Å². The van der Waals surface area contributed by atoms with Crippen molar-refractivity contribution in [3.8, 4) is 6.07 Å². The molecule has 2 aliphatic rings. The van der Waals surface area contributed by atoms with Gasteiger partial charge in [0.15, 0.2) is 0 Å². The lowest BCUT2D eigenvalue weighted by molar-refractivity contribution is 0.236. The summed E-state index contributed by atoms with van der Waals surface area (Å²) in [6, 6.07) is 4.35. The summed E-state index contributed by atoms with van der Waals surface area (Å²) in [5.74, 6) is 1.08. The minimum Gasteiger partial charge on any atom is -0.356 e. The second-order valence-corrected chi connectivity index (χ2v) is 8.97. The summed E-state index contributed by atoms with van der Waals surface area (Å²) in [5.41, 5.74) is 0.806. The quantitative estimate of drug-likeness (QED) is 0.851. The first-order valence-electron chi connectivity index (χ1n) is 8.36. The third-order valence-electron chi connectivity index (χ3n) is 5.30. The van der Waals surface area contributed by atoms with E-state index in [9.17, 15) is 8.42 Å². The maximum absolute atomic E-state index is 12.3. The summed E-state index contributed by atoms with van der Waals surface area (Å²) in [6.07, 6.45) is 5.05. The first-order valence-corrected chi connectivity index (χ1v) is 9.97. The maximum atomic E-state index is 12.3. The summed E-state index contributed by atoms with van der Waals surface area (Å²) in [7, 11) is -1.24. The van der Waals surface area contributed by atoms with Gasteiger partial charge >= 0.3 is 0 Å². The largest absolute Gasteiger partial charge is 0.356 e. The van der Waals surface area contributed by atoms with Gasteiger partial charge in [-0.2, -0.15) is 9.57 Å². The Morgan fingerprint density at radius 1 is 1.40 bits per heavy atom. The number of hydrogen-bond acceptors (Lipinski definition) is 6. The molecule has 0 radical (unpaired) electrons. The first-order chi connectivity index (χ1) is 12.0. The highest BCUT2D eigenvalue weighted by atomic mass is 32.2. The van der Waals surface area contributed by atoms with Gasteiger partial charge < -0.3 is 9.88 Å². The normalized spacial score (nSPS) is 24.5. The lowest BCUT2D eigenvalue weighted by atomic mass is 9.81. The molecule has 0 aromatic carbocycles. The van der Waals surface area contributed by atoms with E-state index in [1.807, 2.05) is 19.3 Å². The maximum Gasteiger partial charge on any atom is 0.214 e. The average Bonchev–Trinajstić information content (AvgIpc) is 2.97. The molecule has 2 aromatic heterocycles. The monoisotopic (exact) mass is 360 g/mol. The van der Waals surface area contributed by atoms with Crippen LogP contribution in [0, 0.1) is 23.2 Å². The highest BCUT2D eigenvalue weighted by Crippen LogP contribution is 2.36. The van der Waals surface area contributed by atoms with Crippen molar-refractivity contribution in [3.63, 3.8) is 0 Å². The van der Waals surface area contributed by atoms with Crippen LogP contribution in [0.2, 0.25) is 0 Å². The van der Waals surface area contributed by atoms with Crippen LogP contribution < -0.4 is 4.90 Å². The standard InChI is InChI=1S/C16H20N6O2S/c1-21(16-14-2-3-18-15(14)19-10-20-16)13-4-11(5-13)9-25(23,24)22-7-12(6-17)8-22/h2-3,10-13H,4-5,7-9H2,1H3,(H,18,19,20). The summed E-state index contributed by atoms with van der Waals surface area (Å²) < 4.78 is 26.1. The van der Waals surface area contributed by atoms with E-state index >= 15 is 0 Å². The molecule has 2 aromatic rings. The number of nitriles is 1. The predicted octanol–water partition coefficient (Wildman–Crippen LogP) is 0.958. The number of rotatable bonds is 5. The van der Waals surface area contributed by atoms with Gasteiger partial charge in [-0.25, -0.2) is 18.4 Å². The fourth-order valence-electron chi connectivity index (χ4n) is 3.62. The Kier molecular flexibility index (Phi) is 3.89. The third kappa shape index (κ3) is 2.85. The summed E-state index contributed by atoms with van der Waals surface area (Å²) in [5, 5.41) is 9.76. The van der Waals surface area contributed by atoms with Crippen LogP contribution in [0.4, 0.5) is 5.82 Å². The van der Waals surface area contributed by atoms with Gasteiger partial charge in [0.2, 0.25) is 10.0 Å². The zero-order chi connectivity index (χ0) is 17.6. The van der Waals surface area contributed by atoms with E-state index in [1.54, 1.807) is 6.33 Å². The van der Waals surface area contributed by atoms with Crippen molar-refractivity contribution in [2.75, 3.05) is 30.8 Å². The van der Waals surface area contributed by atoms with Crippen LogP contribution in [0.25, 0.3) is 11.0 Å². The highest BCUT2D eigenvalue weighted by molar-refractivity contribution is 7.89. The average molecular weight is 360 g/mol. The third-order valence-corrected chi connectivity index (χ3v) is 7.27. The zero-order valence-corrected chi connectivity index (χ0v) is 14.8. The predicted molar refractivity (Wildman–Crippen MR) is 93.3 cm³/mol. The molecule has 4 rings (SSSR count). The number of aromatic amines is 1. The van der Waals surface area contributed by atoms with Crippen molar-refractivity contribution in [1.29, 1.82) is 5.26 Å². The molecule has 1 saturated heterocycles. The molecule has 9 heteroatoms. The molecule has 8 nitrogen and oxygen atoms in total. The van der Waals surface area contributed by atoms with Gasteiger partial charge in [-0.15, -0.1) is 0 Å². The number of nitrogens with one attached hydrogen (secondary N) is 1. The summed E-state index contributed by atoms with van der Waals surface area (Å²) in [6.45, 7) is 0.697. The number of fused-ring (bicyclic) bond motifs is 1. The number of aromatic nitrogens is 3. The molecular weight excluding hydrogens is 340 g/mol. The molecule has 25 heavy (non-hydrogen) atoms. The second kappa shape index (κ2) is 5.97. The van der Waals surface area contributed by atoms with E-state index in [0.29, 0.717) is 13.1 Å². The van der Waals surface area contributed by atoms with E-state index < -0.39 is 10.0 Å². The zero-order valence-electron chi connectivity index (χ0n) is 14.0. The molecule has 132 valence electrons. The summed E-state index contributed by atoms with van der Waals surface area (Å²) in [4.78, 5) is 13.8. The van der Waals surface area contributed by atoms with E-state index in [2.05, 4.69) is 25.9 Å². The van der Waals surface area contributed by atoms with Crippen LogP contribution in [0.3, 0.4) is 0 Å². The molecular formula is C16H20N6O2S. The van der Waals surface area contributed by atoms with Gasteiger partial charge in [-0.3, -0.25) is 0 Å². The Balaban J connectivity index is 1.36. The van der Waals surface area contributed by atoms with Crippen LogP contribution in [-0.4, -0.2) is 59.6 Å². The minimum absolute atomic E-state index is 0.142. The molecule has 0 unspecified atom stereocenters. The molecule has 0 spiro atoms. The fourth-order valence-corrected chi connectivity index (χ4v) is 5.51.